The molecule has 1 atom stereocenters. The van der Waals surface area contributed by atoms with Crippen molar-refractivity contribution in [3.8, 4) is 0 Å². The number of aliphatic hydroxyl groups is 1. The van der Waals surface area contributed by atoms with Gasteiger partial charge in [-0.2, -0.15) is 4.98 Å². The lowest BCUT2D eigenvalue weighted by molar-refractivity contribution is 0.204. The fourth-order valence-electron chi connectivity index (χ4n) is 3.69. The third-order valence-electron chi connectivity index (χ3n) is 5.07. The van der Waals surface area contributed by atoms with Crippen LogP contribution >= 0.6 is 11.8 Å². The van der Waals surface area contributed by atoms with Gasteiger partial charge in [0.2, 0.25) is 0 Å². The number of thioether (sulfide) groups is 1. The van der Waals surface area contributed by atoms with Crippen LogP contribution in [0, 0.1) is 0 Å². The van der Waals surface area contributed by atoms with Crippen molar-refractivity contribution in [3.63, 3.8) is 0 Å². The number of likely N-dealkylation sites (tertiary alicyclic amines) is 1. The largest absolute Gasteiger partial charge is 0.396 e. The maximum atomic E-state index is 12.4. The number of rotatable bonds is 6. The molecule has 1 N–H and O–H groups in total. The van der Waals surface area contributed by atoms with E-state index in [9.17, 15) is 4.79 Å². The molecule has 1 unspecified atom stereocenters. The van der Waals surface area contributed by atoms with Gasteiger partial charge in [0.1, 0.15) is 5.03 Å². The van der Waals surface area contributed by atoms with E-state index in [-0.39, 0.29) is 12.3 Å². The molecule has 0 aromatic carbocycles. The van der Waals surface area contributed by atoms with Crippen molar-refractivity contribution in [3.05, 3.63) is 21.7 Å². The first-order valence-electron chi connectivity index (χ1n) is 8.77. The summed E-state index contributed by atoms with van der Waals surface area (Å²) in [5.74, 6) is 1.02. The number of aromatic nitrogens is 2. The van der Waals surface area contributed by atoms with Gasteiger partial charge in [-0.05, 0) is 52.1 Å². The molecule has 1 fully saturated rings. The normalized spacial score (nSPS) is 21.6. The number of nitrogens with zero attached hydrogens (tertiary/aromatic N) is 3. The van der Waals surface area contributed by atoms with Gasteiger partial charge >= 0.3 is 5.69 Å². The first-order valence-corrected chi connectivity index (χ1v) is 9.75. The molecule has 1 aromatic rings. The summed E-state index contributed by atoms with van der Waals surface area (Å²) in [6.07, 6.45) is 7.58. The van der Waals surface area contributed by atoms with Crippen LogP contribution in [0.15, 0.2) is 9.82 Å². The average molecular weight is 337 g/mol. The van der Waals surface area contributed by atoms with E-state index in [0.717, 1.165) is 35.7 Å². The highest BCUT2D eigenvalue weighted by Gasteiger charge is 2.24. The van der Waals surface area contributed by atoms with E-state index < -0.39 is 0 Å². The second-order valence-electron chi connectivity index (χ2n) is 6.65. The molecule has 23 heavy (non-hydrogen) atoms. The Morgan fingerprint density at radius 3 is 2.96 bits per heavy atom. The molecule has 0 spiro atoms. The molecule has 6 heteroatoms. The topological polar surface area (TPSA) is 58.4 Å². The molecule has 1 saturated heterocycles. The Morgan fingerprint density at radius 2 is 2.17 bits per heavy atom. The Labute approximate surface area is 142 Å². The first-order chi connectivity index (χ1) is 11.2. The Balaban J connectivity index is 1.76. The van der Waals surface area contributed by atoms with Crippen LogP contribution in [-0.2, 0) is 19.4 Å². The van der Waals surface area contributed by atoms with Crippen LogP contribution in [0.25, 0.3) is 0 Å². The molecule has 1 aliphatic carbocycles. The summed E-state index contributed by atoms with van der Waals surface area (Å²) in [5, 5.41) is 9.99. The maximum Gasteiger partial charge on any atom is 0.348 e. The van der Waals surface area contributed by atoms with Crippen LogP contribution < -0.4 is 5.69 Å². The van der Waals surface area contributed by atoms with Gasteiger partial charge in [-0.3, -0.25) is 4.57 Å². The molecule has 0 amide bonds. The van der Waals surface area contributed by atoms with Gasteiger partial charge in [0, 0.05) is 36.2 Å². The quantitative estimate of drug-likeness (QED) is 0.632. The zero-order valence-electron chi connectivity index (χ0n) is 14.0. The number of aliphatic hydroxyl groups excluding tert-OH is 1. The van der Waals surface area contributed by atoms with Crippen molar-refractivity contribution in [1.82, 2.24) is 14.5 Å². The molecular weight excluding hydrogens is 310 g/mol. The summed E-state index contributed by atoms with van der Waals surface area (Å²) in [6.45, 7) is 1.88. The zero-order chi connectivity index (χ0) is 16.2. The molecule has 0 bridgehead atoms. The van der Waals surface area contributed by atoms with E-state index in [0.29, 0.717) is 19.0 Å². The Hall–Kier alpha value is -0.850. The van der Waals surface area contributed by atoms with Gasteiger partial charge in [-0.25, -0.2) is 4.79 Å². The monoisotopic (exact) mass is 337 g/mol. The predicted octanol–water partition coefficient (Wildman–Crippen LogP) is 1.69. The summed E-state index contributed by atoms with van der Waals surface area (Å²) in [5.41, 5.74) is 2.31. The van der Waals surface area contributed by atoms with Crippen molar-refractivity contribution in [2.24, 2.45) is 0 Å². The molecule has 128 valence electrons. The number of piperidine rings is 1. The lowest BCUT2D eigenvalue weighted by Crippen LogP contribution is -2.38. The molecule has 5 nitrogen and oxygen atoms in total. The third kappa shape index (κ3) is 3.80. The van der Waals surface area contributed by atoms with Gasteiger partial charge < -0.3 is 10.0 Å². The Morgan fingerprint density at radius 1 is 1.30 bits per heavy atom. The van der Waals surface area contributed by atoms with Crippen molar-refractivity contribution in [1.29, 1.82) is 0 Å². The molecule has 2 aliphatic rings. The van der Waals surface area contributed by atoms with Crippen LogP contribution in [0.5, 0.6) is 0 Å². The minimum Gasteiger partial charge on any atom is -0.396 e. The Kier molecular flexibility index (Phi) is 5.77. The highest BCUT2D eigenvalue weighted by atomic mass is 32.2. The van der Waals surface area contributed by atoms with E-state index in [4.69, 9.17) is 5.11 Å². The van der Waals surface area contributed by atoms with Crippen LogP contribution in [0.1, 0.15) is 43.4 Å². The van der Waals surface area contributed by atoms with Crippen molar-refractivity contribution in [2.75, 3.05) is 26.0 Å². The SMILES string of the molecule is CN1CCCCC1CSc1nc(=O)n(CCCO)c2c1CCC2. The van der Waals surface area contributed by atoms with E-state index in [1.807, 2.05) is 0 Å². The highest BCUT2D eigenvalue weighted by molar-refractivity contribution is 7.99. The number of hydrogen-bond donors (Lipinski definition) is 1. The van der Waals surface area contributed by atoms with Gasteiger partial charge in [0.15, 0.2) is 0 Å². The minimum atomic E-state index is -0.140. The van der Waals surface area contributed by atoms with E-state index >= 15 is 0 Å². The summed E-state index contributed by atoms with van der Waals surface area (Å²) in [6, 6.07) is 0.601. The molecule has 1 aromatic heterocycles. The summed E-state index contributed by atoms with van der Waals surface area (Å²) >= 11 is 1.77. The fourth-order valence-corrected chi connectivity index (χ4v) is 5.00. The summed E-state index contributed by atoms with van der Waals surface area (Å²) in [4.78, 5) is 19.2. The lowest BCUT2D eigenvalue weighted by Gasteiger charge is -2.32. The second kappa shape index (κ2) is 7.81. The average Bonchev–Trinajstić information content (AvgIpc) is 3.03. The molecule has 1 aliphatic heterocycles. The standard InChI is InChI=1S/C17H27N3O2S/c1-19-9-3-2-6-13(19)12-23-16-14-7-4-8-15(14)20(10-5-11-21)17(22)18-16/h13,21H,2-12H2,1H3. The van der Waals surface area contributed by atoms with E-state index in [2.05, 4.69) is 16.9 Å². The molecule has 0 radical (unpaired) electrons. The molecule has 0 saturated carbocycles. The van der Waals surface area contributed by atoms with Crippen LogP contribution in [0.4, 0.5) is 0 Å². The van der Waals surface area contributed by atoms with E-state index in [1.165, 1.54) is 31.4 Å². The molecule has 3 rings (SSSR count). The van der Waals surface area contributed by atoms with Crippen LogP contribution in [-0.4, -0.2) is 51.6 Å². The van der Waals surface area contributed by atoms with E-state index in [1.54, 1.807) is 16.3 Å². The number of fused-ring (bicyclic) bond motifs is 1. The summed E-state index contributed by atoms with van der Waals surface area (Å²) in [7, 11) is 2.20. The van der Waals surface area contributed by atoms with Crippen LogP contribution in [0.2, 0.25) is 0 Å². The van der Waals surface area contributed by atoms with Crippen molar-refractivity contribution in [2.45, 2.75) is 62.6 Å². The number of hydrogen-bond acceptors (Lipinski definition) is 5. The van der Waals surface area contributed by atoms with Crippen molar-refractivity contribution < 1.29 is 5.11 Å². The van der Waals surface area contributed by atoms with Gasteiger partial charge in [0.25, 0.3) is 0 Å². The predicted molar refractivity (Wildman–Crippen MR) is 93.2 cm³/mol. The maximum absolute atomic E-state index is 12.4. The van der Waals surface area contributed by atoms with Gasteiger partial charge in [0.05, 0.1) is 0 Å². The van der Waals surface area contributed by atoms with Crippen molar-refractivity contribution >= 4 is 11.8 Å². The van der Waals surface area contributed by atoms with Crippen LogP contribution in [0.3, 0.4) is 0 Å². The molecule has 2 heterocycles. The van der Waals surface area contributed by atoms with Gasteiger partial charge in [-0.15, -0.1) is 11.8 Å². The summed E-state index contributed by atoms with van der Waals surface area (Å²) < 4.78 is 1.79. The minimum absolute atomic E-state index is 0.117. The zero-order valence-corrected chi connectivity index (χ0v) is 14.8. The molecular formula is C17H27N3O2S. The smallest absolute Gasteiger partial charge is 0.348 e. The highest BCUT2D eigenvalue weighted by Crippen LogP contribution is 2.31. The Bertz CT molecular complexity index is 602. The second-order valence-corrected chi connectivity index (χ2v) is 7.66. The lowest BCUT2D eigenvalue weighted by atomic mass is 10.1. The van der Waals surface area contributed by atoms with Gasteiger partial charge in [-0.1, -0.05) is 6.42 Å². The third-order valence-corrected chi connectivity index (χ3v) is 6.24. The fraction of sp³-hybridized carbons (Fsp3) is 0.765. The first kappa shape index (κ1) is 17.0.